The third kappa shape index (κ3) is 2.27. The van der Waals surface area contributed by atoms with Crippen LogP contribution in [0, 0.1) is 5.92 Å². The lowest BCUT2D eigenvalue weighted by molar-refractivity contribution is -0.166. The third-order valence-electron chi connectivity index (χ3n) is 4.02. The second kappa shape index (κ2) is 5.11. The van der Waals surface area contributed by atoms with Crippen LogP contribution in [-0.4, -0.2) is 21.8 Å². The van der Waals surface area contributed by atoms with Gasteiger partial charge in [0.2, 0.25) is 0 Å². The molecule has 0 fully saturated rings. The molecular weight excluding hydrogens is 228 g/mol. The Morgan fingerprint density at radius 1 is 1.39 bits per heavy atom. The first-order chi connectivity index (χ1) is 8.58. The van der Waals surface area contributed by atoms with E-state index in [1.54, 1.807) is 0 Å². The van der Waals surface area contributed by atoms with E-state index in [-0.39, 0.29) is 5.92 Å². The maximum absolute atomic E-state index is 11.4. The van der Waals surface area contributed by atoms with Crippen molar-refractivity contribution in [3.63, 3.8) is 0 Å². The highest BCUT2D eigenvalue weighted by molar-refractivity contribution is 5.77. The van der Waals surface area contributed by atoms with Crippen molar-refractivity contribution in [1.82, 2.24) is 0 Å². The maximum Gasteiger partial charge on any atom is 0.335 e. The van der Waals surface area contributed by atoms with E-state index in [4.69, 9.17) is 0 Å². The molecule has 0 saturated carbocycles. The molecule has 3 nitrogen and oxygen atoms in total. The van der Waals surface area contributed by atoms with Gasteiger partial charge in [-0.1, -0.05) is 37.6 Å². The number of hydrogen-bond donors (Lipinski definition) is 2. The van der Waals surface area contributed by atoms with Gasteiger partial charge in [0.25, 0.3) is 0 Å². The van der Waals surface area contributed by atoms with Crippen molar-refractivity contribution in [2.75, 3.05) is 0 Å². The molecule has 0 aliphatic heterocycles. The molecule has 2 atom stereocenters. The number of fused-ring (bicyclic) bond motifs is 1. The SMILES string of the molecule is CCCC(O)(C(=O)O)C1CCc2ccccc2C1. The average Bonchev–Trinajstić information content (AvgIpc) is 2.38. The highest BCUT2D eigenvalue weighted by Crippen LogP contribution is 2.35. The molecule has 2 unspecified atom stereocenters. The zero-order valence-corrected chi connectivity index (χ0v) is 10.7. The molecule has 98 valence electrons. The van der Waals surface area contributed by atoms with E-state index < -0.39 is 11.6 Å². The Bertz CT molecular complexity index is 441. The number of rotatable bonds is 4. The quantitative estimate of drug-likeness (QED) is 0.860. The van der Waals surface area contributed by atoms with Crippen LogP contribution in [0.15, 0.2) is 24.3 Å². The summed E-state index contributed by atoms with van der Waals surface area (Å²) in [4.78, 5) is 11.4. The molecule has 1 aromatic carbocycles. The first kappa shape index (κ1) is 13.1. The zero-order chi connectivity index (χ0) is 13.2. The lowest BCUT2D eigenvalue weighted by Crippen LogP contribution is -2.47. The van der Waals surface area contributed by atoms with E-state index in [1.165, 1.54) is 11.1 Å². The summed E-state index contributed by atoms with van der Waals surface area (Å²) in [5.74, 6) is -1.25. The predicted molar refractivity (Wildman–Crippen MR) is 69.5 cm³/mol. The molecule has 0 bridgehead atoms. The van der Waals surface area contributed by atoms with Crippen LogP contribution in [0.5, 0.6) is 0 Å². The van der Waals surface area contributed by atoms with E-state index in [9.17, 15) is 15.0 Å². The summed E-state index contributed by atoms with van der Waals surface area (Å²) in [6.07, 6.45) is 3.29. The largest absolute Gasteiger partial charge is 0.479 e. The Morgan fingerprint density at radius 2 is 2.06 bits per heavy atom. The van der Waals surface area contributed by atoms with Crippen LogP contribution >= 0.6 is 0 Å². The molecule has 3 heteroatoms. The Balaban J connectivity index is 2.23. The van der Waals surface area contributed by atoms with Crippen LogP contribution in [0.1, 0.15) is 37.3 Å². The molecule has 0 saturated heterocycles. The normalized spacial score (nSPS) is 22.0. The number of hydrogen-bond acceptors (Lipinski definition) is 2. The highest BCUT2D eigenvalue weighted by atomic mass is 16.4. The highest BCUT2D eigenvalue weighted by Gasteiger charge is 2.44. The van der Waals surface area contributed by atoms with Crippen molar-refractivity contribution in [1.29, 1.82) is 0 Å². The molecule has 0 amide bonds. The molecule has 1 aromatic rings. The van der Waals surface area contributed by atoms with E-state index in [0.29, 0.717) is 19.3 Å². The van der Waals surface area contributed by atoms with Crippen LogP contribution in [0.3, 0.4) is 0 Å². The number of benzene rings is 1. The number of aryl methyl sites for hydroxylation is 1. The maximum atomic E-state index is 11.4. The van der Waals surface area contributed by atoms with Crippen molar-refractivity contribution < 1.29 is 15.0 Å². The zero-order valence-electron chi connectivity index (χ0n) is 10.7. The average molecular weight is 248 g/mol. The van der Waals surface area contributed by atoms with E-state index in [1.807, 2.05) is 25.1 Å². The van der Waals surface area contributed by atoms with Crippen LogP contribution < -0.4 is 0 Å². The lowest BCUT2D eigenvalue weighted by Gasteiger charge is -2.35. The van der Waals surface area contributed by atoms with Gasteiger partial charge in [0, 0.05) is 5.92 Å². The first-order valence-corrected chi connectivity index (χ1v) is 6.60. The van der Waals surface area contributed by atoms with Gasteiger partial charge in [-0.2, -0.15) is 0 Å². The monoisotopic (exact) mass is 248 g/mol. The van der Waals surface area contributed by atoms with Crippen molar-refractivity contribution in [3.8, 4) is 0 Å². The molecule has 2 rings (SSSR count). The van der Waals surface area contributed by atoms with Gasteiger partial charge in [0.15, 0.2) is 5.60 Å². The summed E-state index contributed by atoms with van der Waals surface area (Å²) < 4.78 is 0. The fourth-order valence-corrected chi connectivity index (χ4v) is 2.97. The van der Waals surface area contributed by atoms with Gasteiger partial charge in [-0.15, -0.1) is 0 Å². The minimum atomic E-state index is -1.57. The van der Waals surface area contributed by atoms with Crippen LogP contribution in [0.25, 0.3) is 0 Å². The fraction of sp³-hybridized carbons (Fsp3) is 0.533. The summed E-state index contributed by atoms with van der Waals surface area (Å²) in [6.45, 7) is 1.91. The van der Waals surface area contributed by atoms with Crippen LogP contribution in [0.4, 0.5) is 0 Å². The Labute approximate surface area is 107 Å². The standard InChI is InChI=1S/C15H20O3/c1-2-9-15(18,14(16)17)13-8-7-11-5-3-4-6-12(11)10-13/h3-6,13,18H,2,7-10H2,1H3,(H,16,17). The lowest BCUT2D eigenvalue weighted by atomic mass is 9.73. The Morgan fingerprint density at radius 3 is 2.67 bits per heavy atom. The van der Waals surface area contributed by atoms with Crippen molar-refractivity contribution >= 4 is 5.97 Å². The molecule has 18 heavy (non-hydrogen) atoms. The number of carboxylic acid groups (broad SMARTS) is 1. The minimum absolute atomic E-state index is 0.176. The summed E-state index contributed by atoms with van der Waals surface area (Å²) in [7, 11) is 0. The van der Waals surface area contributed by atoms with E-state index >= 15 is 0 Å². The van der Waals surface area contributed by atoms with Gasteiger partial charge < -0.3 is 10.2 Å². The van der Waals surface area contributed by atoms with Gasteiger partial charge >= 0.3 is 5.97 Å². The molecule has 1 aliphatic carbocycles. The number of aliphatic carboxylic acids is 1. The number of carbonyl (C=O) groups is 1. The Hall–Kier alpha value is -1.35. The minimum Gasteiger partial charge on any atom is -0.479 e. The molecule has 0 radical (unpaired) electrons. The molecule has 1 aliphatic rings. The number of aliphatic hydroxyl groups is 1. The summed E-state index contributed by atoms with van der Waals surface area (Å²) >= 11 is 0. The van der Waals surface area contributed by atoms with E-state index in [0.717, 1.165) is 12.8 Å². The van der Waals surface area contributed by atoms with Gasteiger partial charge in [-0.05, 0) is 36.8 Å². The van der Waals surface area contributed by atoms with Crippen molar-refractivity contribution in [3.05, 3.63) is 35.4 Å². The second-order valence-corrected chi connectivity index (χ2v) is 5.19. The predicted octanol–water partition coefficient (Wildman–Crippen LogP) is 2.41. The van der Waals surface area contributed by atoms with Gasteiger partial charge in [0.05, 0.1) is 0 Å². The second-order valence-electron chi connectivity index (χ2n) is 5.19. The molecule has 2 N–H and O–H groups in total. The van der Waals surface area contributed by atoms with E-state index in [2.05, 4.69) is 6.07 Å². The molecular formula is C15H20O3. The third-order valence-corrected chi connectivity index (χ3v) is 4.02. The fourth-order valence-electron chi connectivity index (χ4n) is 2.97. The molecule has 0 aromatic heterocycles. The summed E-state index contributed by atoms with van der Waals surface area (Å²) in [6, 6.07) is 8.11. The topological polar surface area (TPSA) is 57.5 Å². The van der Waals surface area contributed by atoms with Crippen molar-refractivity contribution in [2.45, 2.75) is 44.6 Å². The molecule has 0 spiro atoms. The van der Waals surface area contributed by atoms with Gasteiger partial charge in [-0.25, -0.2) is 4.79 Å². The smallest absolute Gasteiger partial charge is 0.335 e. The van der Waals surface area contributed by atoms with Crippen molar-refractivity contribution in [2.24, 2.45) is 5.92 Å². The van der Waals surface area contributed by atoms with Crippen LogP contribution in [-0.2, 0) is 17.6 Å². The Kier molecular flexibility index (Phi) is 3.71. The molecule has 0 heterocycles. The summed E-state index contributed by atoms with van der Waals surface area (Å²) in [5.41, 5.74) is 0.907. The summed E-state index contributed by atoms with van der Waals surface area (Å²) in [5, 5.41) is 19.8. The first-order valence-electron chi connectivity index (χ1n) is 6.60. The van der Waals surface area contributed by atoms with Gasteiger partial charge in [-0.3, -0.25) is 0 Å². The van der Waals surface area contributed by atoms with Gasteiger partial charge in [0.1, 0.15) is 0 Å². The number of carboxylic acids is 1. The van der Waals surface area contributed by atoms with Crippen LogP contribution in [0.2, 0.25) is 0 Å².